The number of halogens is 2. The first-order valence-corrected chi connectivity index (χ1v) is 6.58. The highest BCUT2D eigenvalue weighted by molar-refractivity contribution is 5.82. The summed E-state index contributed by atoms with van der Waals surface area (Å²) in [6.07, 6.45) is 0.509. The van der Waals surface area contributed by atoms with Crippen molar-refractivity contribution < 1.29 is 23.0 Å². The van der Waals surface area contributed by atoms with E-state index in [2.05, 4.69) is 10.1 Å². The number of amides is 1. The molecule has 0 bridgehead atoms. The summed E-state index contributed by atoms with van der Waals surface area (Å²) in [5.41, 5.74) is 6.12. The SMILES string of the molecule is CCC(NC(=O)C(N)COC)c1ccccc1OC(F)F. The van der Waals surface area contributed by atoms with E-state index in [1.165, 1.54) is 13.2 Å². The number of hydrogen-bond donors (Lipinski definition) is 2. The minimum absolute atomic E-state index is 0.0416. The highest BCUT2D eigenvalue weighted by Gasteiger charge is 2.21. The van der Waals surface area contributed by atoms with Crippen LogP contribution in [0.3, 0.4) is 0 Å². The average Bonchev–Trinajstić information content (AvgIpc) is 2.45. The second kappa shape index (κ2) is 8.53. The zero-order valence-corrected chi connectivity index (χ0v) is 12.0. The number of para-hydroxylation sites is 1. The van der Waals surface area contributed by atoms with E-state index in [9.17, 15) is 13.6 Å². The third-order valence-corrected chi connectivity index (χ3v) is 2.92. The quantitative estimate of drug-likeness (QED) is 0.768. The van der Waals surface area contributed by atoms with Gasteiger partial charge in [-0.1, -0.05) is 25.1 Å². The van der Waals surface area contributed by atoms with E-state index in [1.807, 2.05) is 6.92 Å². The zero-order chi connectivity index (χ0) is 15.8. The Morgan fingerprint density at radius 1 is 1.38 bits per heavy atom. The number of nitrogens with two attached hydrogens (primary N) is 1. The van der Waals surface area contributed by atoms with E-state index in [4.69, 9.17) is 10.5 Å². The van der Waals surface area contributed by atoms with Crippen molar-refractivity contribution in [3.8, 4) is 5.75 Å². The maximum Gasteiger partial charge on any atom is 0.387 e. The Hall–Kier alpha value is -1.73. The summed E-state index contributed by atoms with van der Waals surface area (Å²) in [5, 5.41) is 2.71. The number of rotatable bonds is 8. The standard InChI is InChI=1S/C14H20F2N2O3/c1-3-11(18-13(19)10(17)8-20-2)9-6-4-5-7-12(9)21-14(15)16/h4-7,10-11,14H,3,8,17H2,1-2H3,(H,18,19). The lowest BCUT2D eigenvalue weighted by Crippen LogP contribution is -2.44. The molecule has 118 valence electrons. The van der Waals surface area contributed by atoms with Gasteiger partial charge in [0.1, 0.15) is 11.8 Å². The number of alkyl halides is 2. The normalized spacial score (nSPS) is 13.8. The van der Waals surface area contributed by atoms with Gasteiger partial charge in [-0.2, -0.15) is 8.78 Å². The van der Waals surface area contributed by atoms with E-state index >= 15 is 0 Å². The topological polar surface area (TPSA) is 73.6 Å². The molecule has 0 saturated carbocycles. The smallest absolute Gasteiger partial charge is 0.387 e. The number of carbonyl (C=O) groups excluding carboxylic acids is 1. The summed E-state index contributed by atoms with van der Waals surface area (Å²) in [6.45, 7) is -1.02. The van der Waals surface area contributed by atoms with Gasteiger partial charge < -0.3 is 20.5 Å². The fourth-order valence-corrected chi connectivity index (χ4v) is 1.91. The summed E-state index contributed by atoms with van der Waals surface area (Å²) in [6, 6.07) is 5.08. The van der Waals surface area contributed by atoms with Crippen LogP contribution in [0.1, 0.15) is 24.9 Å². The van der Waals surface area contributed by atoms with Crippen LogP contribution in [0.2, 0.25) is 0 Å². The molecular formula is C14H20F2N2O3. The molecule has 1 amide bonds. The van der Waals surface area contributed by atoms with Crippen LogP contribution in [0.5, 0.6) is 5.75 Å². The molecule has 1 rings (SSSR count). The first-order valence-electron chi connectivity index (χ1n) is 6.58. The van der Waals surface area contributed by atoms with Crippen molar-refractivity contribution in [1.82, 2.24) is 5.32 Å². The lowest BCUT2D eigenvalue weighted by atomic mass is 10.0. The maximum atomic E-state index is 12.4. The van der Waals surface area contributed by atoms with Crippen LogP contribution in [0.25, 0.3) is 0 Å². The molecule has 21 heavy (non-hydrogen) atoms. The highest BCUT2D eigenvalue weighted by atomic mass is 19.3. The number of hydrogen-bond acceptors (Lipinski definition) is 4. The van der Waals surface area contributed by atoms with Crippen molar-refractivity contribution in [3.63, 3.8) is 0 Å². The number of carbonyl (C=O) groups is 1. The van der Waals surface area contributed by atoms with Crippen molar-refractivity contribution in [1.29, 1.82) is 0 Å². The second-order valence-corrected chi connectivity index (χ2v) is 4.45. The van der Waals surface area contributed by atoms with Gasteiger partial charge in [-0.15, -0.1) is 0 Å². The fourth-order valence-electron chi connectivity index (χ4n) is 1.91. The van der Waals surface area contributed by atoms with Gasteiger partial charge in [-0.3, -0.25) is 4.79 Å². The van der Waals surface area contributed by atoms with Crippen LogP contribution in [0.4, 0.5) is 8.78 Å². The first-order chi connectivity index (χ1) is 9.99. The number of nitrogens with one attached hydrogen (secondary N) is 1. The van der Waals surface area contributed by atoms with Gasteiger partial charge in [0.2, 0.25) is 5.91 Å². The van der Waals surface area contributed by atoms with Gasteiger partial charge >= 0.3 is 6.61 Å². The van der Waals surface area contributed by atoms with Crippen LogP contribution < -0.4 is 15.8 Å². The molecule has 0 aliphatic carbocycles. The molecule has 1 aromatic carbocycles. The molecule has 0 aromatic heterocycles. The maximum absolute atomic E-state index is 12.4. The number of ether oxygens (including phenoxy) is 2. The van der Waals surface area contributed by atoms with E-state index in [0.29, 0.717) is 12.0 Å². The van der Waals surface area contributed by atoms with Crippen LogP contribution in [-0.4, -0.2) is 32.3 Å². The fraction of sp³-hybridized carbons (Fsp3) is 0.500. The number of benzene rings is 1. The summed E-state index contributed by atoms with van der Waals surface area (Å²) in [7, 11) is 1.44. The first kappa shape index (κ1) is 17.3. The van der Waals surface area contributed by atoms with Gasteiger partial charge in [-0.05, 0) is 12.5 Å². The third kappa shape index (κ3) is 5.28. The van der Waals surface area contributed by atoms with E-state index < -0.39 is 24.6 Å². The molecule has 0 spiro atoms. The third-order valence-electron chi connectivity index (χ3n) is 2.92. The molecule has 3 N–H and O–H groups in total. The Kier molecular flexibility index (Phi) is 7.04. The van der Waals surface area contributed by atoms with Crippen LogP contribution in [-0.2, 0) is 9.53 Å². The molecule has 2 unspecified atom stereocenters. The molecule has 2 atom stereocenters. The predicted octanol–water partition coefficient (Wildman–Crippen LogP) is 1.83. The van der Waals surface area contributed by atoms with Crippen molar-refractivity contribution in [2.75, 3.05) is 13.7 Å². The van der Waals surface area contributed by atoms with Gasteiger partial charge in [0.05, 0.1) is 12.6 Å². The van der Waals surface area contributed by atoms with Crippen LogP contribution in [0.15, 0.2) is 24.3 Å². The summed E-state index contributed by atoms with van der Waals surface area (Å²) in [5.74, 6) is -0.365. The molecular weight excluding hydrogens is 282 g/mol. The number of methoxy groups -OCH3 is 1. The average molecular weight is 302 g/mol. The van der Waals surface area contributed by atoms with Gasteiger partial charge in [-0.25, -0.2) is 0 Å². The van der Waals surface area contributed by atoms with E-state index in [1.54, 1.807) is 18.2 Å². The minimum Gasteiger partial charge on any atom is -0.434 e. The summed E-state index contributed by atoms with van der Waals surface area (Å²) >= 11 is 0. The Balaban J connectivity index is 2.87. The molecule has 0 heterocycles. The van der Waals surface area contributed by atoms with Gasteiger partial charge in [0.25, 0.3) is 0 Å². The van der Waals surface area contributed by atoms with Crippen molar-refractivity contribution in [2.45, 2.75) is 32.0 Å². The lowest BCUT2D eigenvalue weighted by Gasteiger charge is -2.22. The van der Waals surface area contributed by atoms with Gasteiger partial charge in [0, 0.05) is 12.7 Å². The summed E-state index contributed by atoms with van der Waals surface area (Å²) in [4.78, 5) is 11.9. The molecule has 1 aromatic rings. The molecule has 0 saturated heterocycles. The van der Waals surface area contributed by atoms with Crippen molar-refractivity contribution >= 4 is 5.91 Å². The molecule has 0 aliphatic rings. The van der Waals surface area contributed by atoms with Crippen molar-refractivity contribution in [3.05, 3.63) is 29.8 Å². The van der Waals surface area contributed by atoms with Crippen LogP contribution in [0, 0.1) is 0 Å². The molecule has 0 radical (unpaired) electrons. The molecule has 0 fully saturated rings. The Morgan fingerprint density at radius 3 is 2.62 bits per heavy atom. The lowest BCUT2D eigenvalue weighted by molar-refractivity contribution is -0.124. The molecule has 0 aliphatic heterocycles. The predicted molar refractivity (Wildman–Crippen MR) is 74.1 cm³/mol. The zero-order valence-electron chi connectivity index (χ0n) is 12.0. The van der Waals surface area contributed by atoms with Crippen molar-refractivity contribution in [2.24, 2.45) is 5.73 Å². The monoisotopic (exact) mass is 302 g/mol. The minimum atomic E-state index is -2.92. The summed E-state index contributed by atoms with van der Waals surface area (Å²) < 4.78 is 34.1. The van der Waals surface area contributed by atoms with E-state index in [0.717, 1.165) is 0 Å². The Morgan fingerprint density at radius 2 is 2.05 bits per heavy atom. The van der Waals surface area contributed by atoms with Gasteiger partial charge in [0.15, 0.2) is 0 Å². The Bertz CT molecular complexity index is 458. The largest absolute Gasteiger partial charge is 0.434 e. The second-order valence-electron chi connectivity index (χ2n) is 4.45. The van der Waals surface area contributed by atoms with E-state index in [-0.39, 0.29) is 12.4 Å². The van der Waals surface area contributed by atoms with Crippen LogP contribution >= 0.6 is 0 Å². The molecule has 5 nitrogen and oxygen atoms in total. The highest BCUT2D eigenvalue weighted by Crippen LogP contribution is 2.28. The Labute approximate surface area is 122 Å². The molecule has 7 heteroatoms.